The Morgan fingerprint density at radius 2 is 2.19 bits per heavy atom. The van der Waals surface area contributed by atoms with Crippen LogP contribution in [0, 0.1) is 6.92 Å². The number of H-pyrrole nitrogens is 1. The van der Waals surface area contributed by atoms with Crippen molar-refractivity contribution < 1.29 is 4.74 Å². The summed E-state index contributed by atoms with van der Waals surface area (Å²) in [7, 11) is 3.98. The second-order valence-electron chi connectivity index (χ2n) is 5.81. The number of aromatic nitrogens is 5. The van der Waals surface area contributed by atoms with Gasteiger partial charge in [-0.3, -0.25) is 5.10 Å². The van der Waals surface area contributed by atoms with Crippen molar-refractivity contribution in [3.05, 3.63) is 34.2 Å². The van der Waals surface area contributed by atoms with Gasteiger partial charge in [0.1, 0.15) is 6.61 Å². The van der Waals surface area contributed by atoms with E-state index in [4.69, 9.17) is 4.74 Å². The van der Waals surface area contributed by atoms with Crippen LogP contribution in [0.3, 0.4) is 0 Å². The van der Waals surface area contributed by atoms with E-state index in [1.165, 1.54) is 4.88 Å². The van der Waals surface area contributed by atoms with Crippen molar-refractivity contribution >= 4 is 34.9 Å². The smallest absolute Gasteiger partial charge is 0.322 e. The number of aryl methyl sites for hydroxylation is 1. The van der Waals surface area contributed by atoms with Gasteiger partial charge in [0.15, 0.2) is 11.0 Å². The lowest BCUT2D eigenvalue weighted by Gasteiger charge is -2.11. The molecular weight excluding hydrogens is 370 g/mol. The van der Waals surface area contributed by atoms with Gasteiger partial charge >= 0.3 is 6.01 Å². The minimum atomic E-state index is 0.310. The average Bonchev–Trinajstić information content (AvgIpc) is 3.24. The third-order valence-corrected chi connectivity index (χ3v) is 5.19. The molecule has 26 heavy (non-hydrogen) atoms. The van der Waals surface area contributed by atoms with Crippen molar-refractivity contribution in [2.24, 2.45) is 0 Å². The van der Waals surface area contributed by atoms with Gasteiger partial charge in [0.05, 0.1) is 0 Å². The lowest BCUT2D eigenvalue weighted by Crippen LogP contribution is -2.20. The summed E-state index contributed by atoms with van der Waals surface area (Å²) in [4.78, 5) is 16.5. The molecule has 0 saturated carbocycles. The highest BCUT2D eigenvalue weighted by molar-refractivity contribution is 7.98. The van der Waals surface area contributed by atoms with Crippen LogP contribution in [0.1, 0.15) is 10.6 Å². The molecule has 10 heteroatoms. The molecule has 0 aliphatic rings. The zero-order valence-corrected chi connectivity index (χ0v) is 16.5. The first-order valence-corrected chi connectivity index (χ1v) is 9.93. The number of ether oxygens (including phenoxy) is 1. The molecule has 3 aromatic rings. The first-order valence-electron chi connectivity index (χ1n) is 8.06. The highest BCUT2D eigenvalue weighted by Crippen LogP contribution is 2.25. The number of nitrogens with zero attached hydrogens (tertiary/aromatic N) is 5. The second-order valence-corrected chi connectivity index (χ2v) is 7.78. The number of likely N-dealkylation sites (N-methyl/N-ethyl adjacent to an activating group) is 1. The molecule has 3 rings (SSSR count). The van der Waals surface area contributed by atoms with Crippen molar-refractivity contribution in [1.82, 2.24) is 30.0 Å². The zero-order chi connectivity index (χ0) is 18.4. The van der Waals surface area contributed by atoms with Gasteiger partial charge in [-0.2, -0.15) is 20.1 Å². The number of thiophene rings is 1. The van der Waals surface area contributed by atoms with Gasteiger partial charge in [0, 0.05) is 28.9 Å². The first-order chi connectivity index (χ1) is 12.6. The molecule has 3 aromatic heterocycles. The molecule has 138 valence electrons. The Morgan fingerprint density at radius 3 is 2.88 bits per heavy atom. The van der Waals surface area contributed by atoms with Gasteiger partial charge in [-0.1, -0.05) is 17.8 Å². The van der Waals surface area contributed by atoms with E-state index in [1.807, 2.05) is 38.1 Å². The van der Waals surface area contributed by atoms with Crippen LogP contribution in [0.25, 0.3) is 0 Å². The van der Waals surface area contributed by atoms with Crippen LogP contribution in [-0.4, -0.2) is 57.3 Å². The number of hydrogen-bond donors (Lipinski definition) is 2. The van der Waals surface area contributed by atoms with Crippen molar-refractivity contribution in [2.45, 2.75) is 17.8 Å². The van der Waals surface area contributed by atoms with Crippen molar-refractivity contribution in [2.75, 3.05) is 32.6 Å². The SMILES string of the molecule is Cc1cc(Nc2nc(OCCN(C)C)nc(SCc3cccs3)n2)n[nH]1. The molecule has 0 unspecified atom stereocenters. The highest BCUT2D eigenvalue weighted by atomic mass is 32.2. The molecular formula is C16H21N7OS2. The van der Waals surface area contributed by atoms with Gasteiger partial charge in [-0.15, -0.1) is 11.3 Å². The predicted molar refractivity (Wildman–Crippen MR) is 104 cm³/mol. The van der Waals surface area contributed by atoms with E-state index in [9.17, 15) is 0 Å². The largest absolute Gasteiger partial charge is 0.462 e. The van der Waals surface area contributed by atoms with Crippen LogP contribution in [-0.2, 0) is 5.75 Å². The molecule has 2 N–H and O–H groups in total. The molecule has 0 spiro atoms. The number of hydrogen-bond acceptors (Lipinski definition) is 9. The fourth-order valence-corrected chi connectivity index (χ4v) is 3.57. The Hall–Kier alpha value is -2.17. The monoisotopic (exact) mass is 391 g/mol. The molecule has 0 amide bonds. The topological polar surface area (TPSA) is 91.8 Å². The van der Waals surface area contributed by atoms with E-state index in [2.05, 4.69) is 41.9 Å². The Morgan fingerprint density at radius 1 is 1.31 bits per heavy atom. The van der Waals surface area contributed by atoms with Crippen LogP contribution in [0.2, 0.25) is 0 Å². The third-order valence-electron chi connectivity index (χ3n) is 3.23. The summed E-state index contributed by atoms with van der Waals surface area (Å²) in [6.07, 6.45) is 0. The lowest BCUT2D eigenvalue weighted by molar-refractivity contribution is 0.243. The maximum absolute atomic E-state index is 5.70. The summed E-state index contributed by atoms with van der Waals surface area (Å²) in [5, 5.41) is 12.8. The average molecular weight is 392 g/mol. The molecule has 0 saturated heterocycles. The number of nitrogens with one attached hydrogen (secondary N) is 2. The van der Waals surface area contributed by atoms with Gasteiger partial charge < -0.3 is 15.0 Å². The summed E-state index contributed by atoms with van der Waals surface area (Å²) < 4.78 is 5.70. The number of thioether (sulfide) groups is 1. The Bertz CT molecular complexity index is 820. The summed E-state index contributed by atoms with van der Waals surface area (Å²) in [5.41, 5.74) is 0.955. The summed E-state index contributed by atoms with van der Waals surface area (Å²) >= 11 is 3.27. The fraction of sp³-hybridized carbons (Fsp3) is 0.375. The first kappa shape index (κ1) is 18.6. The number of anilines is 2. The summed E-state index contributed by atoms with van der Waals surface area (Å²) in [6.45, 7) is 3.22. The van der Waals surface area contributed by atoms with Gasteiger partial charge in [-0.25, -0.2) is 0 Å². The van der Waals surface area contributed by atoms with E-state index < -0.39 is 0 Å². The van der Waals surface area contributed by atoms with Gasteiger partial charge in [-0.05, 0) is 32.5 Å². The predicted octanol–water partition coefficient (Wildman–Crippen LogP) is 2.94. The normalized spacial score (nSPS) is 11.1. The molecule has 0 bridgehead atoms. The van der Waals surface area contributed by atoms with Gasteiger partial charge in [0.25, 0.3) is 0 Å². The van der Waals surface area contributed by atoms with Crippen LogP contribution in [0.4, 0.5) is 11.8 Å². The van der Waals surface area contributed by atoms with Crippen molar-refractivity contribution in [3.63, 3.8) is 0 Å². The van der Waals surface area contributed by atoms with Crippen molar-refractivity contribution in [3.8, 4) is 6.01 Å². The minimum Gasteiger partial charge on any atom is -0.462 e. The summed E-state index contributed by atoms with van der Waals surface area (Å²) in [5.74, 6) is 1.88. The van der Waals surface area contributed by atoms with E-state index >= 15 is 0 Å². The Balaban J connectivity index is 1.73. The van der Waals surface area contributed by atoms with Crippen LogP contribution < -0.4 is 10.1 Å². The second kappa shape index (κ2) is 8.97. The Kier molecular flexibility index (Phi) is 6.42. The standard InChI is InChI=1S/C16H21N7OS2/c1-11-9-13(22-21-11)17-14-18-15(24-7-6-23(2)3)20-16(19-14)26-10-12-5-4-8-25-12/h4-5,8-9H,6-7,10H2,1-3H3,(H2,17,18,19,20,21,22). The quantitative estimate of drug-likeness (QED) is 0.538. The van der Waals surface area contributed by atoms with E-state index in [1.54, 1.807) is 23.1 Å². The number of rotatable bonds is 9. The Labute approximate surface area is 160 Å². The maximum Gasteiger partial charge on any atom is 0.322 e. The summed E-state index contributed by atoms with van der Waals surface area (Å²) in [6, 6.07) is 6.33. The van der Waals surface area contributed by atoms with Gasteiger partial charge in [0.2, 0.25) is 5.95 Å². The maximum atomic E-state index is 5.70. The van der Waals surface area contributed by atoms with E-state index in [-0.39, 0.29) is 0 Å². The molecule has 3 heterocycles. The highest BCUT2D eigenvalue weighted by Gasteiger charge is 2.11. The van der Waals surface area contributed by atoms with Crippen LogP contribution >= 0.6 is 23.1 Å². The van der Waals surface area contributed by atoms with Crippen LogP contribution in [0.5, 0.6) is 6.01 Å². The molecule has 0 radical (unpaired) electrons. The third kappa shape index (κ3) is 5.68. The molecule has 8 nitrogen and oxygen atoms in total. The molecule has 0 aliphatic carbocycles. The molecule has 0 aliphatic heterocycles. The fourth-order valence-electron chi connectivity index (χ4n) is 1.97. The lowest BCUT2D eigenvalue weighted by atomic mass is 10.5. The molecule has 0 atom stereocenters. The van der Waals surface area contributed by atoms with E-state index in [0.29, 0.717) is 29.5 Å². The van der Waals surface area contributed by atoms with Crippen LogP contribution in [0.15, 0.2) is 28.7 Å². The molecule has 0 aromatic carbocycles. The number of aromatic amines is 1. The van der Waals surface area contributed by atoms with E-state index in [0.717, 1.165) is 18.0 Å². The molecule has 0 fully saturated rings. The minimum absolute atomic E-state index is 0.310. The zero-order valence-electron chi connectivity index (χ0n) is 14.9. The van der Waals surface area contributed by atoms with Crippen molar-refractivity contribution in [1.29, 1.82) is 0 Å².